The molecule has 1 saturated heterocycles. The van der Waals surface area contributed by atoms with Gasteiger partial charge in [-0.2, -0.15) is 0 Å². The molecule has 10 heteroatoms. The third-order valence-corrected chi connectivity index (χ3v) is 6.62. The molecule has 0 saturated carbocycles. The predicted octanol–water partition coefficient (Wildman–Crippen LogP) is 2.14. The number of aromatic amines is 1. The van der Waals surface area contributed by atoms with E-state index in [2.05, 4.69) is 22.6 Å². The lowest BCUT2D eigenvalue weighted by Gasteiger charge is -2.34. The number of carbonyl (C=O) groups excluding carboxylic acids is 3. The van der Waals surface area contributed by atoms with E-state index in [9.17, 15) is 18.6 Å². The van der Waals surface area contributed by atoms with E-state index < -0.39 is 22.9 Å². The molecule has 0 spiro atoms. The lowest BCUT2D eigenvalue weighted by atomic mass is 10.1. The number of nitrogens with zero attached hydrogens (tertiary/aromatic N) is 3. The van der Waals surface area contributed by atoms with Gasteiger partial charge in [0.05, 0.1) is 16.8 Å². The molecule has 2 N–H and O–H groups in total. The van der Waals surface area contributed by atoms with Crippen LogP contribution in [0.4, 0.5) is 5.69 Å². The molecule has 4 rings (SSSR count). The summed E-state index contributed by atoms with van der Waals surface area (Å²) in [5.74, 6) is -1.30. The van der Waals surface area contributed by atoms with Crippen LogP contribution in [0, 0.1) is 12.8 Å². The average molecular weight is 494 g/mol. The predicted molar refractivity (Wildman–Crippen MR) is 137 cm³/mol. The van der Waals surface area contributed by atoms with E-state index >= 15 is 0 Å². The fourth-order valence-electron chi connectivity index (χ4n) is 3.75. The number of hydrogen-bond acceptors (Lipinski definition) is 4. The van der Waals surface area contributed by atoms with Crippen LogP contribution in [0.15, 0.2) is 54.7 Å². The number of fused-ring (bicyclic) bond motifs is 1. The largest absolute Gasteiger partial charge is 0.359 e. The lowest BCUT2D eigenvalue weighted by molar-refractivity contribution is -0.127. The summed E-state index contributed by atoms with van der Waals surface area (Å²) in [5.41, 5.74) is 2.03. The van der Waals surface area contributed by atoms with E-state index in [1.165, 1.54) is 15.4 Å². The van der Waals surface area contributed by atoms with Crippen LogP contribution >= 0.6 is 0 Å². The van der Waals surface area contributed by atoms with Gasteiger partial charge < -0.3 is 14.8 Å². The van der Waals surface area contributed by atoms with Gasteiger partial charge in [-0.25, -0.2) is 8.51 Å². The van der Waals surface area contributed by atoms with E-state index in [1.807, 2.05) is 18.2 Å². The summed E-state index contributed by atoms with van der Waals surface area (Å²) in [7, 11) is 3.36. The van der Waals surface area contributed by atoms with Crippen molar-refractivity contribution in [2.45, 2.75) is 0 Å². The van der Waals surface area contributed by atoms with Crippen molar-refractivity contribution in [3.8, 4) is 12.8 Å². The maximum atomic E-state index is 13.0. The second kappa shape index (κ2) is 11.5. The molecule has 3 aromatic rings. The molecular weight excluding hydrogens is 466 g/mol. The number of rotatable bonds is 6. The number of hydrogen-bond donors (Lipinski definition) is 2. The maximum Gasteiger partial charge on any atom is 0.295 e. The van der Waals surface area contributed by atoms with Crippen LogP contribution in [0.2, 0.25) is 0 Å². The van der Waals surface area contributed by atoms with Crippen molar-refractivity contribution in [1.82, 2.24) is 19.1 Å². The molecular formula is C25H27N5O4S. The van der Waals surface area contributed by atoms with Gasteiger partial charge in [-0.1, -0.05) is 30.3 Å². The molecule has 1 atom stereocenters. The molecule has 35 heavy (non-hydrogen) atoms. The zero-order valence-electron chi connectivity index (χ0n) is 19.6. The molecule has 182 valence electrons. The third kappa shape index (κ3) is 5.59. The number of piperazine rings is 1. The number of amides is 2. The van der Waals surface area contributed by atoms with Gasteiger partial charge in [-0.15, -0.1) is 12.8 Å². The van der Waals surface area contributed by atoms with Gasteiger partial charge in [0, 0.05) is 57.4 Å². The molecule has 0 bridgehead atoms. The SMILES string of the molecule is C#C.CN(C)S(=O)Nc1cccc2c(C(=O)C(=O)N3CCN(C(=O)c4ccccc4)CC3)c[nH]c12. The van der Waals surface area contributed by atoms with E-state index in [4.69, 9.17) is 0 Å². The van der Waals surface area contributed by atoms with Crippen molar-refractivity contribution in [3.05, 3.63) is 65.9 Å². The van der Waals surface area contributed by atoms with E-state index in [0.717, 1.165) is 0 Å². The number of anilines is 1. The Hall–Kier alpha value is -3.94. The standard InChI is InChI=1S/C23H25N5O4S.C2H2/c1-26(2)33(32)25-19-10-6-9-17-18(15-24-20(17)19)21(29)23(31)28-13-11-27(12-14-28)22(30)16-7-4-3-5-8-16;1-2/h3-10,15,24-25H,11-14H2,1-2H3;1-2H. The number of Topliss-reactive ketones (excluding diaryl/α,β-unsaturated/α-hetero) is 1. The summed E-state index contributed by atoms with van der Waals surface area (Å²) >= 11 is -1.44. The van der Waals surface area contributed by atoms with Crippen LogP contribution in [0.5, 0.6) is 0 Å². The number of ketones is 1. The number of aromatic nitrogens is 1. The highest BCUT2D eigenvalue weighted by molar-refractivity contribution is 7.84. The van der Waals surface area contributed by atoms with Crippen LogP contribution in [0.25, 0.3) is 10.9 Å². The molecule has 2 aromatic carbocycles. The lowest BCUT2D eigenvalue weighted by Crippen LogP contribution is -2.52. The summed E-state index contributed by atoms with van der Waals surface area (Å²) in [6.45, 7) is 1.32. The zero-order valence-corrected chi connectivity index (χ0v) is 20.4. The van der Waals surface area contributed by atoms with Crippen LogP contribution < -0.4 is 4.72 Å². The highest BCUT2D eigenvalue weighted by atomic mass is 32.2. The summed E-state index contributed by atoms with van der Waals surface area (Å²) in [6.07, 6.45) is 9.50. The van der Waals surface area contributed by atoms with Crippen molar-refractivity contribution in [2.75, 3.05) is 45.0 Å². The molecule has 1 aromatic heterocycles. The van der Waals surface area contributed by atoms with Gasteiger partial charge in [0.25, 0.3) is 17.6 Å². The normalized spacial score (nSPS) is 14.2. The summed E-state index contributed by atoms with van der Waals surface area (Å²) in [6, 6.07) is 14.2. The molecule has 1 fully saturated rings. The first-order chi connectivity index (χ1) is 16.9. The topological polar surface area (TPSA) is 106 Å². The first-order valence-corrected chi connectivity index (χ1v) is 11.9. The van der Waals surface area contributed by atoms with Crippen molar-refractivity contribution in [2.24, 2.45) is 0 Å². The van der Waals surface area contributed by atoms with Crippen LogP contribution in [0.1, 0.15) is 20.7 Å². The van der Waals surface area contributed by atoms with Gasteiger partial charge in [0.1, 0.15) is 0 Å². The van der Waals surface area contributed by atoms with Crippen LogP contribution in [0.3, 0.4) is 0 Å². The molecule has 1 aliphatic rings. The minimum atomic E-state index is -1.44. The fraction of sp³-hybridized carbons (Fsp3) is 0.240. The average Bonchev–Trinajstić information content (AvgIpc) is 3.34. The number of nitrogens with one attached hydrogen (secondary N) is 2. The van der Waals surface area contributed by atoms with Crippen molar-refractivity contribution >= 4 is 45.4 Å². The number of para-hydroxylation sites is 1. The van der Waals surface area contributed by atoms with Crippen LogP contribution in [-0.4, -0.2) is 81.2 Å². The Balaban J connectivity index is 0.00000167. The second-order valence-electron chi connectivity index (χ2n) is 7.87. The quantitative estimate of drug-likeness (QED) is 0.312. The van der Waals surface area contributed by atoms with E-state index in [-0.39, 0.29) is 11.5 Å². The van der Waals surface area contributed by atoms with Crippen molar-refractivity contribution in [3.63, 3.8) is 0 Å². The third-order valence-electron chi connectivity index (χ3n) is 5.56. The molecule has 2 heterocycles. The van der Waals surface area contributed by atoms with Gasteiger partial charge in [-0.3, -0.25) is 19.1 Å². The molecule has 1 aliphatic heterocycles. The molecule has 1 unspecified atom stereocenters. The maximum absolute atomic E-state index is 13.0. The Kier molecular flexibility index (Phi) is 8.41. The Morgan fingerprint density at radius 3 is 2.20 bits per heavy atom. The Labute approximate surface area is 206 Å². The van der Waals surface area contributed by atoms with Gasteiger partial charge in [0.2, 0.25) is 0 Å². The van der Waals surface area contributed by atoms with Gasteiger partial charge in [0.15, 0.2) is 11.2 Å². The second-order valence-corrected chi connectivity index (χ2v) is 9.31. The van der Waals surface area contributed by atoms with Crippen molar-refractivity contribution in [1.29, 1.82) is 0 Å². The minimum absolute atomic E-state index is 0.0826. The van der Waals surface area contributed by atoms with Gasteiger partial charge in [-0.05, 0) is 18.2 Å². The summed E-state index contributed by atoms with van der Waals surface area (Å²) in [5, 5.41) is 0.576. The smallest absolute Gasteiger partial charge is 0.295 e. The number of carbonyl (C=O) groups is 3. The number of H-pyrrole nitrogens is 1. The summed E-state index contributed by atoms with van der Waals surface area (Å²) < 4.78 is 16.5. The Bertz CT molecular complexity index is 1260. The molecule has 2 amide bonds. The Morgan fingerprint density at radius 1 is 0.943 bits per heavy atom. The Morgan fingerprint density at radius 2 is 1.57 bits per heavy atom. The van der Waals surface area contributed by atoms with E-state index in [0.29, 0.717) is 48.3 Å². The first kappa shape index (κ1) is 25.7. The fourth-order valence-corrected chi connectivity index (χ4v) is 4.29. The van der Waals surface area contributed by atoms with Crippen LogP contribution in [-0.2, 0) is 16.0 Å². The highest BCUT2D eigenvalue weighted by Gasteiger charge is 2.30. The highest BCUT2D eigenvalue weighted by Crippen LogP contribution is 2.27. The van der Waals surface area contributed by atoms with Crippen molar-refractivity contribution < 1.29 is 18.6 Å². The first-order valence-electron chi connectivity index (χ1n) is 10.8. The summed E-state index contributed by atoms with van der Waals surface area (Å²) in [4.78, 5) is 44.8. The molecule has 0 radical (unpaired) electrons. The molecule has 9 nitrogen and oxygen atoms in total. The van der Waals surface area contributed by atoms with Gasteiger partial charge >= 0.3 is 0 Å². The minimum Gasteiger partial charge on any atom is -0.359 e. The number of terminal acetylenes is 1. The number of benzene rings is 2. The van der Waals surface area contributed by atoms with E-state index in [1.54, 1.807) is 49.3 Å². The zero-order chi connectivity index (χ0) is 25.5. The monoisotopic (exact) mass is 493 g/mol. The molecule has 0 aliphatic carbocycles.